The summed E-state index contributed by atoms with van der Waals surface area (Å²) >= 11 is 1.26. The Hall–Kier alpha value is -2.28. The van der Waals surface area contributed by atoms with Crippen LogP contribution in [-0.2, 0) is 4.74 Å². The molecule has 0 radical (unpaired) electrons. The first kappa shape index (κ1) is 21.0. The fourth-order valence-electron chi connectivity index (χ4n) is 3.25. The van der Waals surface area contributed by atoms with E-state index < -0.39 is 0 Å². The first-order chi connectivity index (χ1) is 12.9. The Morgan fingerprint density at radius 2 is 1.74 bits per heavy atom. The van der Waals surface area contributed by atoms with Crippen LogP contribution < -0.4 is 5.32 Å². The lowest BCUT2D eigenvalue weighted by Gasteiger charge is -2.43. The van der Waals surface area contributed by atoms with Crippen LogP contribution in [0.3, 0.4) is 0 Å². The fourth-order valence-corrected chi connectivity index (χ4v) is 4.50. The number of benzene rings is 1. The number of thioether (sulfide) groups is 1. The van der Waals surface area contributed by atoms with Crippen molar-refractivity contribution in [2.75, 3.05) is 0 Å². The topological polar surface area (TPSA) is 85.9 Å². The highest BCUT2D eigenvalue weighted by Crippen LogP contribution is 2.42. The molecule has 1 saturated heterocycles. The number of ether oxygens (including phenoxy) is 1. The molecule has 1 N–H and O–H groups in total. The van der Waals surface area contributed by atoms with E-state index in [0.29, 0.717) is 17.4 Å². The average molecular weight is 384 g/mol. The van der Waals surface area contributed by atoms with E-state index in [9.17, 15) is 15.3 Å². The summed E-state index contributed by atoms with van der Waals surface area (Å²) in [5.41, 5.74) is 0.125. The van der Waals surface area contributed by atoms with Crippen molar-refractivity contribution in [1.82, 2.24) is 5.32 Å². The van der Waals surface area contributed by atoms with Crippen molar-refractivity contribution in [3.8, 4) is 12.1 Å². The van der Waals surface area contributed by atoms with Gasteiger partial charge in [0.15, 0.2) is 5.57 Å². The van der Waals surface area contributed by atoms with E-state index in [1.165, 1.54) is 11.8 Å². The predicted octanol–water partition coefficient (Wildman–Crippen LogP) is 4.45. The van der Waals surface area contributed by atoms with E-state index in [4.69, 9.17) is 4.74 Å². The first-order valence-electron chi connectivity index (χ1n) is 9.15. The number of rotatable bonds is 5. The van der Waals surface area contributed by atoms with Gasteiger partial charge in [-0.05, 0) is 36.3 Å². The quantitative estimate of drug-likeness (QED) is 0.759. The minimum Gasteiger partial charge on any atom is -0.363 e. The van der Waals surface area contributed by atoms with Crippen LogP contribution in [0.4, 0.5) is 0 Å². The molecular formula is C21H25N3O2S. The molecule has 142 valence electrons. The highest BCUT2D eigenvalue weighted by molar-refractivity contribution is 8.03. The largest absolute Gasteiger partial charge is 0.363 e. The zero-order valence-corrected chi connectivity index (χ0v) is 16.9. The van der Waals surface area contributed by atoms with Gasteiger partial charge < -0.3 is 10.1 Å². The number of allylic oxidation sites excluding steroid dienone is 1. The molecule has 1 fully saturated rings. The lowest BCUT2D eigenvalue weighted by Crippen LogP contribution is -2.43. The molecule has 2 rings (SSSR count). The van der Waals surface area contributed by atoms with E-state index in [1.807, 2.05) is 18.2 Å². The number of hydrogen-bond donors (Lipinski definition) is 1. The van der Waals surface area contributed by atoms with E-state index in [2.05, 4.69) is 33.0 Å². The van der Waals surface area contributed by atoms with Gasteiger partial charge in [0.05, 0.1) is 6.10 Å². The molecule has 1 aromatic rings. The van der Waals surface area contributed by atoms with Crippen LogP contribution in [0.5, 0.6) is 0 Å². The second kappa shape index (κ2) is 9.60. The highest BCUT2D eigenvalue weighted by atomic mass is 32.2. The first-order valence-corrected chi connectivity index (χ1v) is 10.0. The molecule has 0 saturated carbocycles. The number of carbonyl (C=O) groups is 1. The molecule has 0 bridgehead atoms. The summed E-state index contributed by atoms with van der Waals surface area (Å²) in [5.74, 6) is 0.729. The lowest BCUT2D eigenvalue weighted by atomic mass is 9.79. The Bertz CT molecular complexity index is 761. The van der Waals surface area contributed by atoms with Crippen molar-refractivity contribution in [3.05, 3.63) is 46.5 Å². The van der Waals surface area contributed by atoms with Crippen LogP contribution in [0, 0.1) is 40.4 Å². The van der Waals surface area contributed by atoms with Crippen molar-refractivity contribution in [2.24, 2.45) is 17.8 Å². The van der Waals surface area contributed by atoms with Crippen LogP contribution in [-0.4, -0.2) is 17.4 Å². The summed E-state index contributed by atoms with van der Waals surface area (Å²) in [6.45, 7) is 8.60. The number of nitrogens with zero attached hydrogens (tertiary/aromatic N) is 2. The SMILES string of the molecule is CC[C@H]1O[C@H](SC(NC(=O)c2ccccc2)=C(C#N)C#N)[C@H](C)[C@H](C)[C@H]1C. The molecule has 0 unspecified atom stereocenters. The van der Waals surface area contributed by atoms with Gasteiger partial charge in [-0.15, -0.1) is 0 Å². The van der Waals surface area contributed by atoms with Crippen molar-refractivity contribution in [3.63, 3.8) is 0 Å². The maximum Gasteiger partial charge on any atom is 0.256 e. The molecular weight excluding hydrogens is 358 g/mol. The number of carbonyl (C=O) groups excluding carboxylic acids is 1. The molecule has 1 heterocycles. The van der Waals surface area contributed by atoms with E-state index in [-0.39, 0.29) is 34.0 Å². The second-order valence-electron chi connectivity index (χ2n) is 6.89. The normalized spacial score (nSPS) is 27.1. The Balaban J connectivity index is 2.26. The predicted molar refractivity (Wildman–Crippen MR) is 106 cm³/mol. The number of hydrogen-bond acceptors (Lipinski definition) is 5. The van der Waals surface area contributed by atoms with Crippen LogP contribution in [0.1, 0.15) is 44.5 Å². The zero-order valence-electron chi connectivity index (χ0n) is 16.1. The monoisotopic (exact) mass is 383 g/mol. The lowest BCUT2D eigenvalue weighted by molar-refractivity contribution is -0.0942. The zero-order chi connectivity index (χ0) is 20.0. The van der Waals surface area contributed by atoms with Gasteiger partial charge in [-0.2, -0.15) is 10.5 Å². The smallest absolute Gasteiger partial charge is 0.256 e. The third kappa shape index (κ3) is 4.91. The van der Waals surface area contributed by atoms with Gasteiger partial charge in [-0.1, -0.05) is 57.7 Å². The molecule has 27 heavy (non-hydrogen) atoms. The van der Waals surface area contributed by atoms with Gasteiger partial charge in [0.25, 0.3) is 5.91 Å². The summed E-state index contributed by atoms with van der Waals surface area (Å²) in [6.07, 6.45) is 1.01. The fraction of sp³-hybridized carbons (Fsp3) is 0.476. The van der Waals surface area contributed by atoms with E-state index in [1.54, 1.807) is 24.3 Å². The average Bonchev–Trinajstić information content (AvgIpc) is 2.69. The number of nitriles is 2. The molecule has 0 aliphatic carbocycles. The standard InChI is InChI=1S/C21H25N3O2S/c1-5-18-14(3)13(2)15(4)21(26-18)27-20(17(11-22)12-23)24-19(25)16-9-7-6-8-10-16/h6-10,13-15,18,21H,5H2,1-4H3,(H,24,25)/t13-,14-,15-,18-,21-/m1/s1. The van der Waals surface area contributed by atoms with E-state index >= 15 is 0 Å². The summed E-state index contributed by atoms with van der Waals surface area (Å²) in [7, 11) is 0. The van der Waals surface area contributed by atoms with Gasteiger partial charge in [0, 0.05) is 5.56 Å². The number of amides is 1. The van der Waals surface area contributed by atoms with Crippen LogP contribution in [0.2, 0.25) is 0 Å². The Morgan fingerprint density at radius 3 is 2.30 bits per heavy atom. The van der Waals surface area contributed by atoms with Crippen LogP contribution >= 0.6 is 11.8 Å². The van der Waals surface area contributed by atoms with Gasteiger partial charge in [-0.3, -0.25) is 4.79 Å². The maximum atomic E-state index is 12.5. The van der Waals surface area contributed by atoms with Crippen LogP contribution in [0.15, 0.2) is 40.9 Å². The molecule has 0 spiro atoms. The molecule has 5 atom stereocenters. The summed E-state index contributed by atoms with van der Waals surface area (Å²) in [4.78, 5) is 12.5. The number of nitrogens with one attached hydrogen (secondary N) is 1. The molecule has 5 nitrogen and oxygen atoms in total. The van der Waals surface area contributed by atoms with Gasteiger partial charge >= 0.3 is 0 Å². The maximum absolute atomic E-state index is 12.5. The van der Waals surface area contributed by atoms with Gasteiger partial charge in [-0.25, -0.2) is 0 Å². The summed E-state index contributed by atoms with van der Waals surface area (Å²) in [6, 6.07) is 12.5. The molecule has 0 aromatic heterocycles. The minimum absolute atomic E-state index is 0.112. The van der Waals surface area contributed by atoms with Crippen molar-refractivity contribution in [2.45, 2.75) is 45.7 Å². The molecule has 1 aliphatic rings. The van der Waals surface area contributed by atoms with E-state index in [0.717, 1.165) is 6.42 Å². The van der Waals surface area contributed by atoms with Gasteiger partial charge in [0.2, 0.25) is 0 Å². The molecule has 1 aromatic carbocycles. The third-order valence-electron chi connectivity index (χ3n) is 5.33. The van der Waals surface area contributed by atoms with Gasteiger partial charge in [0.1, 0.15) is 22.6 Å². The van der Waals surface area contributed by atoms with Crippen molar-refractivity contribution >= 4 is 17.7 Å². The second-order valence-corrected chi connectivity index (χ2v) is 8.00. The third-order valence-corrected chi connectivity index (χ3v) is 6.65. The Kier molecular flexibility index (Phi) is 7.47. The van der Waals surface area contributed by atoms with Crippen molar-refractivity contribution in [1.29, 1.82) is 10.5 Å². The summed E-state index contributed by atoms with van der Waals surface area (Å²) in [5, 5.41) is 21.7. The highest BCUT2D eigenvalue weighted by Gasteiger charge is 2.39. The molecule has 1 amide bonds. The molecule has 6 heteroatoms. The van der Waals surface area contributed by atoms with Crippen LogP contribution in [0.25, 0.3) is 0 Å². The molecule has 1 aliphatic heterocycles. The Labute approximate surface area is 165 Å². The summed E-state index contributed by atoms with van der Waals surface area (Å²) < 4.78 is 6.25. The minimum atomic E-state index is -0.349. The Morgan fingerprint density at radius 1 is 1.11 bits per heavy atom. The van der Waals surface area contributed by atoms with Crippen molar-refractivity contribution < 1.29 is 9.53 Å².